The molecule has 0 unspecified atom stereocenters. The van der Waals surface area contributed by atoms with Crippen LogP contribution in [-0.4, -0.2) is 38.2 Å². The number of carbonyl (C=O) groups excluding carboxylic acids is 2. The summed E-state index contributed by atoms with van der Waals surface area (Å²) >= 11 is 0. The van der Waals surface area contributed by atoms with Crippen LogP contribution < -0.4 is 10.2 Å². The van der Waals surface area contributed by atoms with Crippen molar-refractivity contribution in [3.63, 3.8) is 0 Å². The molecular formula is C32H32F5N5O3. The number of rotatable bonds is 6. The second-order valence-electron chi connectivity index (χ2n) is 13.6. The molecule has 1 aromatic heterocycles. The molecule has 238 valence electrons. The van der Waals surface area contributed by atoms with Gasteiger partial charge in [0.05, 0.1) is 17.5 Å². The first-order valence-electron chi connectivity index (χ1n) is 14.9. The Balaban J connectivity index is 1.17. The molecule has 0 bridgehead atoms. The van der Waals surface area contributed by atoms with Gasteiger partial charge >= 0.3 is 12.3 Å². The van der Waals surface area contributed by atoms with E-state index in [1.165, 1.54) is 11.0 Å². The minimum Gasteiger partial charge on any atom is -0.445 e. The Morgan fingerprint density at radius 2 is 1.82 bits per heavy atom. The highest BCUT2D eigenvalue weighted by Crippen LogP contribution is 2.70. The molecule has 0 atom stereocenters. The van der Waals surface area contributed by atoms with E-state index in [-0.39, 0.29) is 41.6 Å². The van der Waals surface area contributed by atoms with E-state index in [2.05, 4.69) is 15.5 Å². The molecule has 3 aliphatic carbocycles. The van der Waals surface area contributed by atoms with E-state index < -0.39 is 47.1 Å². The van der Waals surface area contributed by atoms with Gasteiger partial charge in [-0.2, -0.15) is 13.2 Å². The Morgan fingerprint density at radius 3 is 2.42 bits per heavy atom. The smallest absolute Gasteiger partial charge is 0.416 e. The normalized spacial score (nSPS) is 21.8. The van der Waals surface area contributed by atoms with Crippen LogP contribution in [0.25, 0.3) is 0 Å². The maximum absolute atomic E-state index is 14.3. The van der Waals surface area contributed by atoms with Gasteiger partial charge in [-0.3, -0.25) is 4.79 Å². The second kappa shape index (κ2) is 9.73. The number of carbonyl (C=O) groups is 2. The molecule has 3 aromatic rings. The number of fused-ring (bicyclic) bond motifs is 1. The Hall–Kier alpha value is -4.03. The first kappa shape index (κ1) is 29.7. The zero-order valence-electron chi connectivity index (χ0n) is 24.8. The largest absolute Gasteiger partial charge is 0.445 e. The summed E-state index contributed by atoms with van der Waals surface area (Å²) in [6.45, 7) is 1.14. The van der Waals surface area contributed by atoms with Crippen molar-refractivity contribution >= 4 is 17.7 Å². The van der Waals surface area contributed by atoms with E-state index >= 15 is 0 Å². The molecule has 45 heavy (non-hydrogen) atoms. The number of anilines is 1. The maximum atomic E-state index is 14.3. The zero-order chi connectivity index (χ0) is 32.0. The third-order valence-corrected chi connectivity index (χ3v) is 10.1. The van der Waals surface area contributed by atoms with Crippen molar-refractivity contribution in [3.05, 3.63) is 76.4 Å². The average Bonchev–Trinajstić information content (AvgIpc) is 3.50. The van der Waals surface area contributed by atoms with Gasteiger partial charge < -0.3 is 19.5 Å². The van der Waals surface area contributed by atoms with Gasteiger partial charge in [0, 0.05) is 36.7 Å². The van der Waals surface area contributed by atoms with Gasteiger partial charge in [0.25, 0.3) is 5.91 Å². The van der Waals surface area contributed by atoms with Crippen LogP contribution in [0.3, 0.4) is 0 Å². The monoisotopic (exact) mass is 629 g/mol. The summed E-state index contributed by atoms with van der Waals surface area (Å²) in [5, 5.41) is 11.1. The highest BCUT2D eigenvalue weighted by Gasteiger charge is 2.68. The molecule has 1 aliphatic heterocycles. The second-order valence-corrected chi connectivity index (χ2v) is 13.6. The number of halogens is 5. The van der Waals surface area contributed by atoms with Crippen molar-refractivity contribution in [1.29, 1.82) is 0 Å². The van der Waals surface area contributed by atoms with Gasteiger partial charge in [-0.25, -0.2) is 13.6 Å². The third-order valence-electron chi connectivity index (χ3n) is 10.1. The number of aryl methyl sites for hydroxylation is 1. The van der Waals surface area contributed by atoms with Crippen LogP contribution in [0.2, 0.25) is 0 Å². The predicted molar refractivity (Wildman–Crippen MR) is 152 cm³/mol. The lowest BCUT2D eigenvalue weighted by atomic mass is 9.42. The fourth-order valence-electron chi connectivity index (χ4n) is 7.98. The van der Waals surface area contributed by atoms with Gasteiger partial charge in [-0.1, -0.05) is 12.1 Å². The third kappa shape index (κ3) is 4.94. The van der Waals surface area contributed by atoms with Crippen LogP contribution in [0.4, 0.5) is 32.4 Å². The number of amides is 2. The van der Waals surface area contributed by atoms with Crippen molar-refractivity contribution in [2.24, 2.45) is 12.5 Å². The Bertz CT molecular complexity index is 1700. The van der Waals surface area contributed by atoms with Crippen molar-refractivity contribution < 1.29 is 36.3 Å². The standard InChI is InChI=1S/C32H32F5N5O3/c1-28(7-4-8-28)39-27(44)45-13-19-9-22-23(24(10-19)32(35,36)37)12-42(25(22)43)21-6-3-5-20(11-21)30(26-40-38-18-41(26)2)14-29(15-30)16-31(33,34)17-29/h3,5-6,9-11,18H,4,7-8,12-17H2,1-2H3,(H,39,44). The molecule has 3 saturated carbocycles. The van der Waals surface area contributed by atoms with Gasteiger partial charge in [-0.05, 0) is 85.4 Å². The fraction of sp³-hybridized carbons (Fsp3) is 0.500. The molecule has 0 radical (unpaired) electrons. The molecule has 2 aromatic carbocycles. The number of hydrogen-bond acceptors (Lipinski definition) is 5. The Kier molecular flexibility index (Phi) is 6.42. The number of alkyl halides is 5. The van der Waals surface area contributed by atoms with Crippen LogP contribution >= 0.6 is 0 Å². The van der Waals surface area contributed by atoms with E-state index in [4.69, 9.17) is 4.74 Å². The number of nitrogens with zero attached hydrogens (tertiary/aromatic N) is 4. The molecule has 8 nitrogen and oxygen atoms in total. The molecular weight excluding hydrogens is 597 g/mol. The summed E-state index contributed by atoms with van der Waals surface area (Å²) in [6.07, 6.45) is -0.932. The molecule has 1 N–H and O–H groups in total. The predicted octanol–water partition coefficient (Wildman–Crippen LogP) is 6.66. The summed E-state index contributed by atoms with van der Waals surface area (Å²) in [7, 11) is 1.78. The molecule has 4 aliphatic rings. The summed E-state index contributed by atoms with van der Waals surface area (Å²) in [5.41, 5.74) is -1.68. The lowest BCUT2D eigenvalue weighted by molar-refractivity contribution is -0.209. The van der Waals surface area contributed by atoms with E-state index in [0.717, 1.165) is 30.9 Å². The highest BCUT2D eigenvalue weighted by molar-refractivity contribution is 6.10. The minimum absolute atomic E-state index is 0.0530. The number of ether oxygens (including phenoxy) is 1. The average molecular weight is 630 g/mol. The SMILES string of the molecule is Cn1cnnc1C1(c2cccc(N3Cc4c(cc(COC(=O)NC5(C)CCC5)cc4C(F)(F)F)C3=O)c2)CC2(CC(F)(F)C2)C1. The van der Waals surface area contributed by atoms with Crippen molar-refractivity contribution in [3.8, 4) is 0 Å². The van der Waals surface area contributed by atoms with E-state index in [0.29, 0.717) is 24.4 Å². The molecule has 13 heteroatoms. The molecule has 2 heterocycles. The molecule has 0 saturated heterocycles. The van der Waals surface area contributed by atoms with Crippen LogP contribution in [0.15, 0.2) is 42.7 Å². The quantitative estimate of drug-likeness (QED) is 0.308. The summed E-state index contributed by atoms with van der Waals surface area (Å²) in [5.74, 6) is -2.70. The lowest BCUT2D eigenvalue weighted by Crippen LogP contribution is -2.61. The summed E-state index contributed by atoms with van der Waals surface area (Å²) in [6, 6.07) is 9.21. The molecule has 1 spiro atoms. The first-order chi connectivity index (χ1) is 21.1. The van der Waals surface area contributed by atoms with Gasteiger partial charge in [-0.15, -0.1) is 10.2 Å². The Labute approximate surface area is 255 Å². The Morgan fingerprint density at radius 1 is 1.09 bits per heavy atom. The van der Waals surface area contributed by atoms with Gasteiger partial charge in [0.15, 0.2) is 0 Å². The highest BCUT2D eigenvalue weighted by atomic mass is 19.4. The fourth-order valence-corrected chi connectivity index (χ4v) is 7.98. The zero-order valence-corrected chi connectivity index (χ0v) is 24.8. The number of alkyl carbamates (subject to hydrolysis) is 1. The van der Waals surface area contributed by atoms with Crippen LogP contribution in [0.5, 0.6) is 0 Å². The molecule has 3 fully saturated rings. The molecule has 2 amide bonds. The number of aromatic nitrogens is 3. The van der Waals surface area contributed by atoms with Gasteiger partial charge in [0.2, 0.25) is 5.92 Å². The first-order valence-corrected chi connectivity index (χ1v) is 14.9. The molecule has 7 rings (SSSR count). The van der Waals surface area contributed by atoms with Crippen molar-refractivity contribution in [2.75, 3.05) is 4.90 Å². The number of nitrogens with one attached hydrogen (secondary N) is 1. The topological polar surface area (TPSA) is 89.3 Å². The van der Waals surface area contributed by atoms with Gasteiger partial charge in [0.1, 0.15) is 18.8 Å². The van der Waals surface area contributed by atoms with E-state index in [1.54, 1.807) is 36.1 Å². The maximum Gasteiger partial charge on any atom is 0.416 e. The summed E-state index contributed by atoms with van der Waals surface area (Å²) in [4.78, 5) is 27.3. The lowest BCUT2D eigenvalue weighted by Gasteiger charge is -2.62. The summed E-state index contributed by atoms with van der Waals surface area (Å²) < 4.78 is 77.6. The van der Waals surface area contributed by atoms with E-state index in [1.807, 2.05) is 13.0 Å². The van der Waals surface area contributed by atoms with Crippen molar-refractivity contribution in [1.82, 2.24) is 20.1 Å². The number of hydrogen-bond donors (Lipinski definition) is 1. The minimum atomic E-state index is -4.75. The van der Waals surface area contributed by atoms with Crippen LogP contribution in [-0.2, 0) is 36.5 Å². The van der Waals surface area contributed by atoms with Crippen molar-refractivity contribution in [2.45, 2.75) is 88.1 Å². The number of benzene rings is 2. The van der Waals surface area contributed by atoms with E-state index in [9.17, 15) is 31.5 Å². The van der Waals surface area contributed by atoms with Crippen LogP contribution in [0.1, 0.15) is 90.3 Å². The van der Waals surface area contributed by atoms with Crippen LogP contribution in [0, 0.1) is 5.41 Å².